The van der Waals surface area contributed by atoms with E-state index >= 15 is 0 Å². The summed E-state index contributed by atoms with van der Waals surface area (Å²) in [6.07, 6.45) is -0.0712. The highest BCUT2D eigenvalue weighted by molar-refractivity contribution is 7.89. The lowest BCUT2D eigenvalue weighted by molar-refractivity contribution is -0.138. The van der Waals surface area contributed by atoms with E-state index in [1.165, 1.54) is 38.1 Å². The van der Waals surface area contributed by atoms with Crippen molar-refractivity contribution < 1.29 is 27.9 Å². The molecule has 1 unspecified atom stereocenters. The van der Waals surface area contributed by atoms with Gasteiger partial charge in [0.2, 0.25) is 10.0 Å². The van der Waals surface area contributed by atoms with Gasteiger partial charge in [0, 0.05) is 0 Å². The van der Waals surface area contributed by atoms with E-state index in [0.717, 1.165) is 0 Å². The third-order valence-corrected chi connectivity index (χ3v) is 4.92. The van der Waals surface area contributed by atoms with E-state index in [-0.39, 0.29) is 28.5 Å². The summed E-state index contributed by atoms with van der Waals surface area (Å²) < 4.78 is 31.7. The number of benzene rings is 1. The normalized spacial score (nSPS) is 13.0. The van der Waals surface area contributed by atoms with E-state index in [0.29, 0.717) is 5.56 Å². The van der Waals surface area contributed by atoms with Gasteiger partial charge in [0.1, 0.15) is 22.4 Å². The van der Waals surface area contributed by atoms with Gasteiger partial charge in [0.15, 0.2) is 5.76 Å². The van der Waals surface area contributed by atoms with Crippen LogP contribution in [0.1, 0.15) is 17.0 Å². The van der Waals surface area contributed by atoms with Crippen LogP contribution >= 0.6 is 0 Å². The van der Waals surface area contributed by atoms with Gasteiger partial charge in [-0.1, -0.05) is 17.3 Å². The Morgan fingerprint density at radius 3 is 2.39 bits per heavy atom. The van der Waals surface area contributed by atoms with Gasteiger partial charge in [-0.2, -0.15) is 4.72 Å². The molecule has 2 aromatic rings. The highest BCUT2D eigenvalue weighted by atomic mass is 32.2. The second-order valence-corrected chi connectivity index (χ2v) is 6.69. The van der Waals surface area contributed by atoms with Crippen LogP contribution in [0.5, 0.6) is 5.75 Å². The smallest absolute Gasteiger partial charge is 0.322 e. The Balaban J connectivity index is 2.26. The van der Waals surface area contributed by atoms with Crippen LogP contribution in [0.3, 0.4) is 0 Å². The van der Waals surface area contributed by atoms with Gasteiger partial charge < -0.3 is 14.7 Å². The Hall–Kier alpha value is -2.39. The van der Waals surface area contributed by atoms with Gasteiger partial charge in [-0.25, -0.2) is 8.42 Å². The number of aryl methyl sites for hydroxylation is 2. The number of carboxylic acid groups (broad SMARTS) is 1. The standard InChI is InChI=1S/C14H16N2O6S/c1-8-13(9(2)22-15-8)23(20,21)16-12(14(18)19)7-10-3-5-11(17)6-4-10/h3-6,12,16-17H,7H2,1-2H3,(H,18,19). The minimum atomic E-state index is -4.09. The summed E-state index contributed by atoms with van der Waals surface area (Å²) in [5.41, 5.74) is 0.723. The van der Waals surface area contributed by atoms with E-state index in [9.17, 15) is 23.4 Å². The minimum absolute atomic E-state index is 0.0388. The average Bonchev–Trinajstić information content (AvgIpc) is 2.80. The van der Waals surface area contributed by atoms with E-state index < -0.39 is 22.0 Å². The molecule has 1 aromatic heterocycles. The maximum atomic E-state index is 12.4. The molecule has 2 rings (SSSR count). The molecule has 0 aliphatic heterocycles. The van der Waals surface area contributed by atoms with Gasteiger partial charge in [-0.15, -0.1) is 0 Å². The molecule has 0 aliphatic rings. The van der Waals surface area contributed by atoms with Gasteiger partial charge in [-0.05, 0) is 38.0 Å². The molecular formula is C14H16N2O6S. The summed E-state index contributed by atoms with van der Waals surface area (Å²) >= 11 is 0. The van der Waals surface area contributed by atoms with Crippen molar-refractivity contribution in [1.29, 1.82) is 0 Å². The molecule has 124 valence electrons. The number of aromatic hydroxyl groups is 1. The van der Waals surface area contributed by atoms with Crippen molar-refractivity contribution in [2.75, 3.05) is 0 Å². The van der Waals surface area contributed by atoms with Crippen molar-refractivity contribution in [2.24, 2.45) is 0 Å². The van der Waals surface area contributed by atoms with Crippen molar-refractivity contribution in [3.05, 3.63) is 41.3 Å². The number of nitrogens with one attached hydrogen (secondary N) is 1. The highest BCUT2D eigenvalue weighted by Crippen LogP contribution is 2.20. The molecule has 0 radical (unpaired) electrons. The molecule has 0 saturated heterocycles. The van der Waals surface area contributed by atoms with Gasteiger partial charge in [-0.3, -0.25) is 4.79 Å². The SMILES string of the molecule is Cc1noc(C)c1S(=O)(=O)NC(Cc1ccc(O)cc1)C(=O)O. The molecule has 0 amide bonds. The Kier molecular flexibility index (Phi) is 4.71. The molecular weight excluding hydrogens is 324 g/mol. The predicted molar refractivity (Wildman–Crippen MR) is 79.5 cm³/mol. The summed E-state index contributed by atoms with van der Waals surface area (Å²) in [4.78, 5) is 11.2. The Bertz CT molecular complexity index is 791. The zero-order chi connectivity index (χ0) is 17.2. The fourth-order valence-corrected chi connectivity index (χ4v) is 3.67. The Morgan fingerprint density at radius 1 is 1.30 bits per heavy atom. The number of carboxylic acids is 1. The number of nitrogens with zero attached hydrogens (tertiary/aromatic N) is 1. The lowest BCUT2D eigenvalue weighted by atomic mass is 10.1. The molecule has 0 aliphatic carbocycles. The number of rotatable bonds is 6. The number of carbonyl (C=O) groups is 1. The minimum Gasteiger partial charge on any atom is -0.508 e. The van der Waals surface area contributed by atoms with Crippen LogP contribution in [-0.2, 0) is 21.2 Å². The molecule has 3 N–H and O–H groups in total. The molecule has 0 bridgehead atoms. The highest BCUT2D eigenvalue weighted by Gasteiger charge is 2.30. The van der Waals surface area contributed by atoms with Crippen molar-refractivity contribution >= 4 is 16.0 Å². The number of hydrogen-bond donors (Lipinski definition) is 3. The number of hydrogen-bond acceptors (Lipinski definition) is 6. The number of sulfonamides is 1. The zero-order valence-electron chi connectivity index (χ0n) is 12.5. The van der Waals surface area contributed by atoms with Crippen LogP contribution in [0.25, 0.3) is 0 Å². The van der Waals surface area contributed by atoms with Crippen LogP contribution in [0, 0.1) is 13.8 Å². The fraction of sp³-hybridized carbons (Fsp3) is 0.286. The van der Waals surface area contributed by atoms with Gasteiger partial charge in [0.25, 0.3) is 0 Å². The lowest BCUT2D eigenvalue weighted by Crippen LogP contribution is -2.42. The molecule has 23 heavy (non-hydrogen) atoms. The maximum absolute atomic E-state index is 12.4. The van der Waals surface area contributed by atoms with Crippen LogP contribution < -0.4 is 4.72 Å². The summed E-state index contributed by atoms with van der Waals surface area (Å²) in [6, 6.07) is 4.48. The van der Waals surface area contributed by atoms with Crippen LogP contribution in [0.4, 0.5) is 0 Å². The first-order valence-corrected chi connectivity index (χ1v) is 8.15. The number of aromatic nitrogens is 1. The predicted octanol–water partition coefficient (Wildman–Crippen LogP) is 0.971. The van der Waals surface area contributed by atoms with E-state index in [2.05, 4.69) is 9.88 Å². The molecule has 0 spiro atoms. The summed E-state index contributed by atoms with van der Waals surface area (Å²) in [6.45, 7) is 2.89. The monoisotopic (exact) mass is 340 g/mol. The molecule has 9 heteroatoms. The quantitative estimate of drug-likeness (QED) is 0.714. The lowest BCUT2D eigenvalue weighted by Gasteiger charge is -2.14. The summed E-state index contributed by atoms with van der Waals surface area (Å²) in [7, 11) is -4.09. The summed E-state index contributed by atoms with van der Waals surface area (Å²) in [5, 5.41) is 22.1. The van der Waals surface area contributed by atoms with Gasteiger partial charge >= 0.3 is 5.97 Å². The van der Waals surface area contributed by atoms with E-state index in [1.807, 2.05) is 0 Å². The largest absolute Gasteiger partial charge is 0.508 e. The molecule has 8 nitrogen and oxygen atoms in total. The fourth-order valence-electron chi connectivity index (χ4n) is 2.15. The number of phenolic OH excluding ortho intramolecular Hbond substituents is 1. The first-order valence-electron chi connectivity index (χ1n) is 6.66. The molecule has 1 heterocycles. The van der Waals surface area contributed by atoms with Crippen LogP contribution in [0.15, 0.2) is 33.7 Å². The average molecular weight is 340 g/mol. The van der Waals surface area contributed by atoms with Crippen molar-refractivity contribution in [1.82, 2.24) is 9.88 Å². The molecule has 0 fully saturated rings. The molecule has 1 atom stereocenters. The number of phenols is 1. The Morgan fingerprint density at radius 2 is 1.91 bits per heavy atom. The Labute approximate surface area is 132 Å². The third-order valence-electron chi connectivity index (χ3n) is 3.21. The van der Waals surface area contributed by atoms with E-state index in [1.54, 1.807) is 0 Å². The first kappa shape index (κ1) is 17.0. The first-order chi connectivity index (χ1) is 10.7. The number of aliphatic carboxylic acids is 1. The molecule has 0 saturated carbocycles. The topological polar surface area (TPSA) is 130 Å². The second kappa shape index (κ2) is 6.39. The zero-order valence-corrected chi connectivity index (χ0v) is 13.3. The molecule has 1 aromatic carbocycles. The van der Waals surface area contributed by atoms with Gasteiger partial charge in [0.05, 0.1) is 0 Å². The van der Waals surface area contributed by atoms with E-state index in [4.69, 9.17) is 4.52 Å². The second-order valence-electron chi connectivity index (χ2n) is 5.04. The van der Waals surface area contributed by atoms with Crippen molar-refractivity contribution in [2.45, 2.75) is 31.2 Å². The summed E-state index contributed by atoms with van der Waals surface area (Å²) in [5.74, 6) is -1.19. The third kappa shape index (κ3) is 3.88. The van der Waals surface area contributed by atoms with Crippen molar-refractivity contribution in [3.63, 3.8) is 0 Å². The maximum Gasteiger partial charge on any atom is 0.322 e. The van der Waals surface area contributed by atoms with Crippen LogP contribution in [0.2, 0.25) is 0 Å². The van der Waals surface area contributed by atoms with Crippen molar-refractivity contribution in [3.8, 4) is 5.75 Å². The van der Waals surface area contributed by atoms with Crippen LogP contribution in [-0.4, -0.2) is 35.8 Å².